The minimum Gasteiger partial charge on any atom is -0.376 e. The van der Waals surface area contributed by atoms with Gasteiger partial charge in [-0.15, -0.1) is 0 Å². The van der Waals surface area contributed by atoms with Gasteiger partial charge in [0.25, 0.3) is 11.6 Å². The number of ether oxygens (including phenoxy) is 1. The van der Waals surface area contributed by atoms with Crippen LogP contribution in [-0.4, -0.2) is 35.1 Å². The molecule has 1 amide bonds. The summed E-state index contributed by atoms with van der Waals surface area (Å²) in [5, 5.41) is 24.8. The Morgan fingerprint density at radius 2 is 2.15 bits per heavy atom. The quantitative estimate of drug-likeness (QED) is 0.239. The van der Waals surface area contributed by atoms with Crippen molar-refractivity contribution in [1.29, 1.82) is 5.26 Å². The van der Waals surface area contributed by atoms with Gasteiger partial charge in [-0.05, 0) is 42.7 Å². The van der Waals surface area contributed by atoms with E-state index in [2.05, 4.69) is 10.3 Å². The van der Waals surface area contributed by atoms with Crippen molar-refractivity contribution in [3.05, 3.63) is 76.0 Å². The Bertz CT molecular complexity index is 1270. The summed E-state index contributed by atoms with van der Waals surface area (Å²) < 4.78 is 5.47. The molecule has 1 aliphatic heterocycles. The minimum atomic E-state index is -0.532. The SMILES string of the molecule is N#C/C(=C\c1ccc(Sc2cccc3cccnc23)c([N+](=O)[O-])c1)C(=O)NC[C@@H]1CCCO1. The van der Waals surface area contributed by atoms with E-state index in [0.29, 0.717) is 23.6 Å². The fraction of sp³-hybridized carbons (Fsp3) is 0.208. The van der Waals surface area contributed by atoms with Crippen LogP contribution in [0.15, 0.2) is 70.1 Å². The number of nitro groups is 1. The maximum atomic E-state index is 12.4. The summed E-state index contributed by atoms with van der Waals surface area (Å²) in [7, 11) is 0. The predicted octanol–water partition coefficient (Wildman–Crippen LogP) is 4.50. The zero-order valence-electron chi connectivity index (χ0n) is 17.6. The first-order valence-electron chi connectivity index (χ1n) is 10.4. The third-order valence-electron chi connectivity index (χ3n) is 5.19. The number of amides is 1. The average molecular weight is 461 g/mol. The van der Waals surface area contributed by atoms with Crippen molar-refractivity contribution in [2.45, 2.75) is 28.7 Å². The van der Waals surface area contributed by atoms with Crippen LogP contribution in [0.25, 0.3) is 17.0 Å². The maximum absolute atomic E-state index is 12.4. The molecule has 1 N–H and O–H groups in total. The number of rotatable bonds is 7. The first kappa shape index (κ1) is 22.5. The van der Waals surface area contributed by atoms with Gasteiger partial charge in [-0.3, -0.25) is 19.9 Å². The molecule has 8 nitrogen and oxygen atoms in total. The van der Waals surface area contributed by atoms with Crippen molar-refractivity contribution in [2.75, 3.05) is 13.2 Å². The molecule has 1 atom stereocenters. The predicted molar refractivity (Wildman–Crippen MR) is 125 cm³/mol. The Balaban J connectivity index is 1.57. The van der Waals surface area contributed by atoms with Crippen LogP contribution in [0, 0.1) is 21.4 Å². The van der Waals surface area contributed by atoms with Crippen LogP contribution in [0.2, 0.25) is 0 Å². The third kappa shape index (κ3) is 5.37. The number of nitrogens with zero attached hydrogens (tertiary/aromatic N) is 3. The number of hydrogen-bond donors (Lipinski definition) is 1. The molecule has 1 aliphatic rings. The molecule has 3 aromatic rings. The largest absolute Gasteiger partial charge is 0.376 e. The number of para-hydroxylation sites is 1. The van der Waals surface area contributed by atoms with Crippen molar-refractivity contribution < 1.29 is 14.5 Å². The van der Waals surface area contributed by atoms with Gasteiger partial charge >= 0.3 is 0 Å². The van der Waals surface area contributed by atoms with Gasteiger partial charge in [-0.1, -0.05) is 36.0 Å². The van der Waals surface area contributed by atoms with Crippen molar-refractivity contribution >= 4 is 40.3 Å². The van der Waals surface area contributed by atoms with E-state index in [9.17, 15) is 20.2 Å². The third-order valence-corrected chi connectivity index (χ3v) is 6.30. The van der Waals surface area contributed by atoms with E-state index < -0.39 is 10.8 Å². The van der Waals surface area contributed by atoms with Crippen LogP contribution in [0.1, 0.15) is 18.4 Å². The molecular weight excluding hydrogens is 440 g/mol. The number of benzene rings is 2. The number of carbonyl (C=O) groups is 1. The van der Waals surface area contributed by atoms with E-state index in [-0.39, 0.29) is 17.4 Å². The molecule has 9 heteroatoms. The van der Waals surface area contributed by atoms with Crippen LogP contribution in [0.4, 0.5) is 5.69 Å². The lowest BCUT2D eigenvalue weighted by molar-refractivity contribution is -0.387. The maximum Gasteiger partial charge on any atom is 0.283 e. The number of hydrogen-bond acceptors (Lipinski definition) is 7. The second-order valence-electron chi connectivity index (χ2n) is 7.43. The van der Waals surface area contributed by atoms with Gasteiger partial charge in [0.2, 0.25) is 0 Å². The lowest BCUT2D eigenvalue weighted by atomic mass is 10.1. The van der Waals surface area contributed by atoms with Gasteiger partial charge < -0.3 is 10.1 Å². The molecule has 4 rings (SSSR count). The minimum absolute atomic E-state index is 0.0464. The Morgan fingerprint density at radius 1 is 1.30 bits per heavy atom. The second-order valence-corrected chi connectivity index (χ2v) is 8.52. The van der Waals surface area contributed by atoms with E-state index in [1.807, 2.05) is 36.4 Å². The zero-order chi connectivity index (χ0) is 23.2. The van der Waals surface area contributed by atoms with Gasteiger partial charge in [0.05, 0.1) is 21.4 Å². The molecule has 166 valence electrons. The molecular formula is C24H20N4O4S. The zero-order valence-corrected chi connectivity index (χ0v) is 18.4. The first-order chi connectivity index (χ1) is 16.0. The van der Waals surface area contributed by atoms with Gasteiger partial charge in [0.15, 0.2) is 0 Å². The molecule has 0 bridgehead atoms. The van der Waals surface area contributed by atoms with Gasteiger partial charge in [-0.2, -0.15) is 5.26 Å². The van der Waals surface area contributed by atoms with E-state index in [0.717, 1.165) is 28.6 Å². The molecule has 2 aromatic carbocycles. The lowest BCUT2D eigenvalue weighted by Gasteiger charge is -2.10. The Kier molecular flexibility index (Phi) is 6.98. The van der Waals surface area contributed by atoms with Crippen molar-refractivity contribution in [1.82, 2.24) is 10.3 Å². The fourth-order valence-corrected chi connectivity index (χ4v) is 4.58. The fourth-order valence-electron chi connectivity index (χ4n) is 3.55. The molecule has 0 spiro atoms. The summed E-state index contributed by atoms with van der Waals surface area (Å²) in [6, 6.07) is 16.0. The van der Waals surface area contributed by atoms with E-state index in [1.165, 1.54) is 23.9 Å². The molecule has 0 saturated carbocycles. The summed E-state index contributed by atoms with van der Waals surface area (Å²) in [5.74, 6) is -0.532. The number of nitro benzene ring substituents is 1. The van der Waals surface area contributed by atoms with Crippen LogP contribution in [-0.2, 0) is 9.53 Å². The molecule has 0 aliphatic carbocycles. The monoisotopic (exact) mass is 460 g/mol. The lowest BCUT2D eigenvalue weighted by Crippen LogP contribution is -2.32. The first-order valence-corrected chi connectivity index (χ1v) is 11.2. The number of nitrogens with one attached hydrogen (secondary N) is 1. The molecule has 1 saturated heterocycles. The smallest absolute Gasteiger partial charge is 0.283 e. The highest BCUT2D eigenvalue weighted by molar-refractivity contribution is 7.99. The Labute approximate surface area is 194 Å². The van der Waals surface area contributed by atoms with Crippen molar-refractivity contribution in [2.24, 2.45) is 0 Å². The van der Waals surface area contributed by atoms with Gasteiger partial charge in [0, 0.05) is 35.7 Å². The van der Waals surface area contributed by atoms with Crippen LogP contribution in [0.3, 0.4) is 0 Å². The Hall–Kier alpha value is -3.74. The highest BCUT2D eigenvalue weighted by Crippen LogP contribution is 2.38. The second kappa shape index (κ2) is 10.3. The van der Waals surface area contributed by atoms with Crippen molar-refractivity contribution in [3.63, 3.8) is 0 Å². The standard InChI is InChI=1S/C24H20N4O4S/c25-14-18(24(29)27-15-19-6-3-11-32-19)12-16-8-9-21(20(13-16)28(30)31)33-22-7-1-4-17-5-2-10-26-23(17)22/h1-2,4-5,7-10,12-13,19H,3,6,11,15H2,(H,27,29)/b18-12+/t19-/m0/s1. The summed E-state index contributed by atoms with van der Waals surface area (Å²) in [6.45, 7) is 0.997. The van der Waals surface area contributed by atoms with Crippen LogP contribution >= 0.6 is 11.8 Å². The molecule has 0 unspecified atom stereocenters. The number of fused-ring (bicyclic) bond motifs is 1. The average Bonchev–Trinajstić information content (AvgIpc) is 3.35. The highest BCUT2D eigenvalue weighted by Gasteiger charge is 2.19. The topological polar surface area (TPSA) is 118 Å². The number of nitriles is 1. The molecule has 33 heavy (non-hydrogen) atoms. The van der Waals surface area contributed by atoms with Gasteiger partial charge in [-0.25, -0.2) is 0 Å². The van der Waals surface area contributed by atoms with E-state index in [1.54, 1.807) is 18.3 Å². The molecule has 1 aromatic heterocycles. The van der Waals surface area contributed by atoms with Gasteiger partial charge in [0.1, 0.15) is 11.6 Å². The molecule has 1 fully saturated rings. The summed E-state index contributed by atoms with van der Waals surface area (Å²) in [6.07, 6.45) is 4.80. The summed E-state index contributed by atoms with van der Waals surface area (Å²) in [5.41, 5.74) is 0.920. The van der Waals surface area contributed by atoms with E-state index >= 15 is 0 Å². The number of carbonyl (C=O) groups excluding carboxylic acids is 1. The van der Waals surface area contributed by atoms with Crippen molar-refractivity contribution in [3.8, 4) is 6.07 Å². The van der Waals surface area contributed by atoms with Crippen LogP contribution in [0.5, 0.6) is 0 Å². The highest BCUT2D eigenvalue weighted by atomic mass is 32.2. The van der Waals surface area contributed by atoms with E-state index in [4.69, 9.17) is 4.74 Å². The number of aromatic nitrogens is 1. The molecule has 0 radical (unpaired) electrons. The number of pyridine rings is 1. The summed E-state index contributed by atoms with van der Waals surface area (Å²) >= 11 is 1.25. The van der Waals surface area contributed by atoms with Crippen LogP contribution < -0.4 is 5.32 Å². The summed E-state index contributed by atoms with van der Waals surface area (Å²) in [4.78, 5) is 29.3. The Morgan fingerprint density at radius 3 is 2.91 bits per heavy atom. The normalized spacial score (nSPS) is 15.8. The molecule has 2 heterocycles.